The van der Waals surface area contributed by atoms with Gasteiger partial charge in [-0.05, 0) is 6.92 Å². The predicted molar refractivity (Wildman–Crippen MR) is 42.7 cm³/mol. The highest BCUT2D eigenvalue weighted by Gasteiger charge is 2.39. The van der Waals surface area contributed by atoms with Crippen molar-refractivity contribution in [2.24, 2.45) is 0 Å². The van der Waals surface area contributed by atoms with E-state index in [9.17, 15) is 22.8 Å². The lowest BCUT2D eigenvalue weighted by molar-refractivity contribution is -0.174. The number of amides is 1. The smallest absolute Gasteiger partial charge is 0.338 e. The average Bonchev–Trinajstić information content (AvgIpc) is 1.85. The van der Waals surface area contributed by atoms with E-state index < -0.39 is 21.9 Å². The zero-order valence-electron chi connectivity index (χ0n) is 5.91. The molecule has 0 unspecified atom stereocenters. The maximum Gasteiger partial charge on any atom is 0.471 e. The van der Waals surface area contributed by atoms with Gasteiger partial charge in [0.25, 0.3) is 0 Å². The summed E-state index contributed by atoms with van der Waals surface area (Å²) < 4.78 is 34.1. The first-order chi connectivity index (χ1) is 5.25. The fourth-order valence-corrected chi connectivity index (χ4v) is 0.491. The molecule has 70 valence electrons. The van der Waals surface area contributed by atoms with Gasteiger partial charge in [0, 0.05) is 22.6 Å². The van der Waals surface area contributed by atoms with Gasteiger partial charge in [-0.2, -0.15) is 13.2 Å². The minimum atomic E-state index is -4.93. The molecule has 3 nitrogen and oxygen atoms in total. The molecule has 0 aliphatic heterocycles. The van der Waals surface area contributed by atoms with Crippen LogP contribution in [0.3, 0.4) is 0 Å². The van der Waals surface area contributed by atoms with E-state index in [1.807, 2.05) is 0 Å². The van der Waals surface area contributed by atoms with Crippen LogP contribution in [0.2, 0.25) is 0 Å². The molecule has 0 spiro atoms. The second-order valence-electron chi connectivity index (χ2n) is 2.00. The molecule has 7 heteroatoms. The first-order valence-electron chi connectivity index (χ1n) is 2.82. The van der Waals surface area contributed by atoms with E-state index in [1.54, 1.807) is 0 Å². The molecule has 0 saturated carbocycles. The number of halogens is 4. The Kier molecular flexibility index (Phi) is 3.94. The van der Waals surface area contributed by atoms with Gasteiger partial charge in [-0.15, -0.1) is 0 Å². The van der Waals surface area contributed by atoms with Crippen LogP contribution in [0.25, 0.3) is 0 Å². The fraction of sp³-hybridized carbons (Fsp3) is 0.600. The Bertz CT molecular complexity index is 203. The quantitative estimate of drug-likeness (QED) is 0.610. The molecule has 1 N–H and O–H groups in total. The second-order valence-corrected chi connectivity index (χ2v) is 3.06. The van der Waals surface area contributed by atoms with Gasteiger partial charge < -0.3 is 5.32 Å². The average molecular weight is 295 g/mol. The maximum absolute atomic E-state index is 11.5. The van der Waals surface area contributed by atoms with Gasteiger partial charge in [0.05, 0.1) is 6.04 Å². The van der Waals surface area contributed by atoms with Crippen LogP contribution in [0, 0.1) is 0 Å². The third-order valence-electron chi connectivity index (χ3n) is 0.946. The largest absolute Gasteiger partial charge is 0.471 e. The minimum Gasteiger partial charge on any atom is -0.338 e. The summed E-state index contributed by atoms with van der Waals surface area (Å²) in [5.74, 6) is -2.10. The lowest BCUT2D eigenvalue weighted by atomic mass is 10.4. The van der Waals surface area contributed by atoms with Crippen molar-refractivity contribution in [2.45, 2.75) is 19.1 Å². The number of carbonyl (C=O) groups excluding carboxylic acids is 2. The van der Waals surface area contributed by atoms with E-state index in [-0.39, 0.29) is 0 Å². The summed E-state index contributed by atoms with van der Waals surface area (Å²) in [6, 6.07) is -1.11. The Balaban J connectivity index is 4.11. The van der Waals surface area contributed by atoms with Crippen LogP contribution >= 0.6 is 22.6 Å². The van der Waals surface area contributed by atoms with Crippen LogP contribution in [0.15, 0.2) is 0 Å². The van der Waals surface area contributed by atoms with Crippen LogP contribution in [0.1, 0.15) is 6.92 Å². The highest BCUT2D eigenvalue weighted by Crippen LogP contribution is 2.14. The van der Waals surface area contributed by atoms with Crippen molar-refractivity contribution in [3.8, 4) is 0 Å². The molecule has 0 bridgehead atoms. The maximum atomic E-state index is 11.5. The molecule has 0 aromatic heterocycles. The number of alkyl halides is 3. The summed E-state index contributed by atoms with van der Waals surface area (Å²) in [6.07, 6.45) is -4.93. The van der Waals surface area contributed by atoms with Gasteiger partial charge in [0.1, 0.15) is 0 Å². The number of hydrogen-bond acceptors (Lipinski definition) is 2. The van der Waals surface area contributed by atoms with Gasteiger partial charge in [-0.25, -0.2) is 0 Å². The highest BCUT2D eigenvalue weighted by molar-refractivity contribution is 14.1. The summed E-state index contributed by atoms with van der Waals surface area (Å²) in [4.78, 5) is 20.6. The Morgan fingerprint density at radius 3 is 2.08 bits per heavy atom. The van der Waals surface area contributed by atoms with E-state index in [0.29, 0.717) is 0 Å². The third-order valence-corrected chi connectivity index (χ3v) is 1.88. The molecule has 1 atom stereocenters. The topological polar surface area (TPSA) is 46.2 Å². The molecule has 0 aliphatic carbocycles. The Morgan fingerprint density at radius 2 is 1.83 bits per heavy atom. The molecule has 0 radical (unpaired) electrons. The SMILES string of the molecule is C[C@@H](NC(=O)C(F)(F)F)C(=O)I. The molecule has 0 saturated heterocycles. The molecular weight excluding hydrogens is 290 g/mol. The van der Waals surface area contributed by atoms with Crippen molar-refractivity contribution >= 4 is 32.3 Å². The van der Waals surface area contributed by atoms with Crippen LogP contribution in [-0.4, -0.2) is 21.9 Å². The molecule has 0 aromatic carbocycles. The predicted octanol–water partition coefficient (Wildman–Crippen LogP) is 1.02. The number of hydrogen-bond donors (Lipinski definition) is 1. The standard InChI is InChI=1S/C5H5F3INO2/c1-2(3(9)11)10-4(12)5(6,7)8/h2H,1H3,(H,10,12)/t2-/m1/s1. The summed E-state index contributed by atoms with van der Waals surface area (Å²) in [7, 11) is 0. The monoisotopic (exact) mass is 295 g/mol. The molecule has 12 heavy (non-hydrogen) atoms. The highest BCUT2D eigenvalue weighted by atomic mass is 127. The summed E-state index contributed by atoms with van der Waals surface area (Å²) in [5.41, 5.74) is 0. The fourth-order valence-electron chi connectivity index (χ4n) is 0.335. The van der Waals surface area contributed by atoms with Crippen molar-refractivity contribution in [3.05, 3.63) is 0 Å². The van der Waals surface area contributed by atoms with Crippen LogP contribution in [0.5, 0.6) is 0 Å². The Labute approximate surface area is 79.8 Å². The molecule has 0 rings (SSSR count). The summed E-state index contributed by atoms with van der Waals surface area (Å²) in [5, 5.41) is 1.50. The Morgan fingerprint density at radius 1 is 1.42 bits per heavy atom. The van der Waals surface area contributed by atoms with Gasteiger partial charge in [-0.3, -0.25) is 9.59 Å². The molecule has 0 fully saturated rings. The molecule has 0 aliphatic rings. The van der Waals surface area contributed by atoms with Crippen LogP contribution in [-0.2, 0) is 9.59 Å². The number of carbonyl (C=O) groups is 2. The summed E-state index contributed by atoms with van der Waals surface area (Å²) in [6.45, 7) is 1.18. The second kappa shape index (κ2) is 4.06. The van der Waals surface area contributed by atoms with Crippen molar-refractivity contribution in [2.75, 3.05) is 0 Å². The van der Waals surface area contributed by atoms with E-state index in [1.165, 1.54) is 34.8 Å². The van der Waals surface area contributed by atoms with Crippen molar-refractivity contribution in [1.82, 2.24) is 5.32 Å². The number of nitrogens with one attached hydrogen (secondary N) is 1. The zero-order valence-corrected chi connectivity index (χ0v) is 8.06. The molecular formula is C5H5F3INO2. The molecule has 0 heterocycles. The first-order valence-corrected chi connectivity index (χ1v) is 3.90. The van der Waals surface area contributed by atoms with Gasteiger partial charge in [0.2, 0.25) is 3.79 Å². The van der Waals surface area contributed by atoms with Gasteiger partial charge >= 0.3 is 12.1 Å². The van der Waals surface area contributed by atoms with Crippen molar-refractivity contribution < 1.29 is 22.8 Å². The van der Waals surface area contributed by atoms with Crippen LogP contribution in [0.4, 0.5) is 13.2 Å². The van der Waals surface area contributed by atoms with Crippen LogP contribution < -0.4 is 5.32 Å². The molecule has 0 aromatic rings. The molecule has 1 amide bonds. The third kappa shape index (κ3) is 3.88. The zero-order chi connectivity index (χ0) is 9.94. The lowest BCUT2D eigenvalue weighted by Gasteiger charge is -2.10. The normalized spacial score (nSPS) is 13.8. The van der Waals surface area contributed by atoms with E-state index in [2.05, 4.69) is 0 Å². The Hall–Kier alpha value is -0.340. The van der Waals surface area contributed by atoms with E-state index in [0.717, 1.165) is 0 Å². The van der Waals surface area contributed by atoms with E-state index in [4.69, 9.17) is 0 Å². The van der Waals surface area contributed by atoms with Gasteiger partial charge in [-0.1, -0.05) is 0 Å². The van der Waals surface area contributed by atoms with Crippen molar-refractivity contribution in [1.29, 1.82) is 0 Å². The minimum absolute atomic E-state index is 0.551. The van der Waals surface area contributed by atoms with Crippen molar-refractivity contribution in [3.63, 3.8) is 0 Å². The van der Waals surface area contributed by atoms with E-state index >= 15 is 0 Å². The summed E-state index contributed by atoms with van der Waals surface area (Å²) >= 11 is 1.31. The lowest BCUT2D eigenvalue weighted by Crippen LogP contribution is -2.44. The first kappa shape index (κ1) is 11.7. The van der Waals surface area contributed by atoms with Gasteiger partial charge in [0.15, 0.2) is 0 Å². The number of rotatable bonds is 2.